The Balaban J connectivity index is 0.967. The topological polar surface area (TPSA) is 4.93 Å². The Morgan fingerprint density at radius 1 is 0.290 bits per heavy atom. The van der Waals surface area contributed by atoms with Crippen LogP contribution in [0, 0.1) is 0 Å². The van der Waals surface area contributed by atoms with Crippen molar-refractivity contribution in [2.75, 3.05) is 0 Å². The van der Waals surface area contributed by atoms with Gasteiger partial charge in [-0.25, -0.2) is 0 Å². The number of nitrogens with zero attached hydrogens (tertiary/aromatic N) is 1. The first-order chi connectivity index (χ1) is 34.2. The second-order valence-electron chi connectivity index (χ2n) is 18.7. The SMILES string of the molecule is c1ccc(-c2ccc(C3c4ccccc4-c4cc(-c5ccc6c(c5)c5cc7c(cc5n6-c5ccc(-c6ccccc6)cc5)C(c5ccccc5)(c5ccccc5)c5ccccc5-7)ccc43)cc2)cc1. The second-order valence-corrected chi connectivity index (χ2v) is 18.7. The van der Waals surface area contributed by atoms with Crippen molar-refractivity contribution in [1.29, 1.82) is 0 Å². The van der Waals surface area contributed by atoms with E-state index in [1.54, 1.807) is 0 Å². The average molecular weight is 876 g/mol. The lowest BCUT2D eigenvalue weighted by atomic mass is 9.67. The molecular weight excluding hydrogens is 831 g/mol. The van der Waals surface area contributed by atoms with Crippen molar-refractivity contribution in [3.05, 3.63) is 306 Å². The fraction of sp³-hybridized carbons (Fsp3) is 0.0294. The van der Waals surface area contributed by atoms with Gasteiger partial charge in [0.05, 0.1) is 16.4 Å². The van der Waals surface area contributed by atoms with Crippen LogP contribution in [0.3, 0.4) is 0 Å². The first kappa shape index (κ1) is 39.4. The zero-order chi connectivity index (χ0) is 45.5. The van der Waals surface area contributed by atoms with E-state index in [0.29, 0.717) is 0 Å². The van der Waals surface area contributed by atoms with E-state index in [2.05, 4.69) is 271 Å². The van der Waals surface area contributed by atoms with Gasteiger partial charge in [0.1, 0.15) is 0 Å². The largest absolute Gasteiger partial charge is 0.309 e. The average Bonchev–Trinajstić information content (AvgIpc) is 4.04. The van der Waals surface area contributed by atoms with Gasteiger partial charge in [-0.05, 0) is 137 Å². The van der Waals surface area contributed by atoms with Gasteiger partial charge in [0, 0.05) is 22.4 Å². The molecule has 0 spiro atoms. The third-order valence-electron chi connectivity index (χ3n) is 15.2. The third kappa shape index (κ3) is 6.04. The van der Waals surface area contributed by atoms with Gasteiger partial charge in [-0.2, -0.15) is 0 Å². The van der Waals surface area contributed by atoms with Gasteiger partial charge in [0.15, 0.2) is 0 Å². The quantitative estimate of drug-likeness (QED) is 0.150. The molecule has 12 aromatic rings. The standard InChI is InChI=1S/C68H45N/c1-5-17-45(18-6-1)47-29-31-49(32-30-47)67-57-27-14-13-25-55(57)59-41-50(35-39-58(59)67)51-36-40-65-61(42-51)62-43-60-56-26-15-16-28-63(56)68(52-21-9-3-10-22-52,53-23-11-4-12-24-53)64(60)44-66(62)69(65)54-37-33-48(34-38-54)46-19-7-2-8-20-46/h1-44,67H. The monoisotopic (exact) mass is 875 g/mol. The van der Waals surface area contributed by atoms with Crippen LogP contribution in [0.5, 0.6) is 0 Å². The highest BCUT2D eigenvalue weighted by molar-refractivity contribution is 6.13. The van der Waals surface area contributed by atoms with Crippen molar-refractivity contribution < 1.29 is 0 Å². The lowest BCUT2D eigenvalue weighted by Gasteiger charge is -2.34. The highest BCUT2D eigenvalue weighted by Gasteiger charge is 2.46. The lowest BCUT2D eigenvalue weighted by Crippen LogP contribution is -2.28. The molecule has 2 aliphatic rings. The highest BCUT2D eigenvalue weighted by Crippen LogP contribution is 2.58. The minimum Gasteiger partial charge on any atom is -0.309 e. The summed E-state index contributed by atoms with van der Waals surface area (Å²) in [6.07, 6.45) is 0. The molecule has 0 saturated carbocycles. The summed E-state index contributed by atoms with van der Waals surface area (Å²) in [7, 11) is 0. The molecule has 2 aliphatic carbocycles. The molecule has 1 heteroatoms. The molecule has 0 bridgehead atoms. The minimum absolute atomic E-state index is 0.174. The molecule has 0 fully saturated rings. The fourth-order valence-corrected chi connectivity index (χ4v) is 12.1. The Bertz CT molecular complexity index is 3860. The summed E-state index contributed by atoms with van der Waals surface area (Å²) in [6, 6.07) is 99.3. The Morgan fingerprint density at radius 3 is 1.45 bits per heavy atom. The van der Waals surface area contributed by atoms with Gasteiger partial charge in [0.25, 0.3) is 0 Å². The fourth-order valence-electron chi connectivity index (χ4n) is 12.1. The Morgan fingerprint density at radius 2 is 0.783 bits per heavy atom. The maximum Gasteiger partial charge on any atom is 0.0714 e. The molecule has 11 aromatic carbocycles. The van der Waals surface area contributed by atoms with Crippen molar-refractivity contribution in [1.82, 2.24) is 4.57 Å². The van der Waals surface area contributed by atoms with Crippen LogP contribution in [0.15, 0.2) is 267 Å². The van der Waals surface area contributed by atoms with E-state index in [4.69, 9.17) is 0 Å². The molecule has 14 rings (SSSR count). The van der Waals surface area contributed by atoms with Gasteiger partial charge >= 0.3 is 0 Å². The maximum absolute atomic E-state index is 2.52. The minimum atomic E-state index is -0.505. The summed E-state index contributed by atoms with van der Waals surface area (Å²) in [5.74, 6) is 0.174. The molecule has 1 unspecified atom stereocenters. The van der Waals surface area contributed by atoms with Crippen LogP contribution in [-0.2, 0) is 5.41 Å². The van der Waals surface area contributed by atoms with Crippen LogP contribution in [-0.4, -0.2) is 4.57 Å². The van der Waals surface area contributed by atoms with Crippen LogP contribution in [0.25, 0.3) is 83.1 Å². The summed E-state index contributed by atoms with van der Waals surface area (Å²) in [6.45, 7) is 0. The molecule has 0 aliphatic heterocycles. The summed E-state index contributed by atoms with van der Waals surface area (Å²) in [5.41, 5.74) is 24.7. The predicted molar refractivity (Wildman–Crippen MR) is 287 cm³/mol. The number of aromatic nitrogens is 1. The van der Waals surface area contributed by atoms with Crippen LogP contribution < -0.4 is 0 Å². The van der Waals surface area contributed by atoms with Crippen molar-refractivity contribution >= 4 is 21.8 Å². The number of hydrogen-bond donors (Lipinski definition) is 0. The van der Waals surface area contributed by atoms with Crippen LogP contribution in [0.1, 0.15) is 44.9 Å². The van der Waals surface area contributed by atoms with Gasteiger partial charge in [-0.1, -0.05) is 224 Å². The zero-order valence-electron chi connectivity index (χ0n) is 37.9. The lowest BCUT2D eigenvalue weighted by molar-refractivity contribution is 0.769. The summed E-state index contributed by atoms with van der Waals surface area (Å²) in [4.78, 5) is 0. The van der Waals surface area contributed by atoms with E-state index in [1.807, 2.05) is 0 Å². The number of hydrogen-bond acceptors (Lipinski definition) is 0. The van der Waals surface area contributed by atoms with E-state index in [1.165, 1.54) is 116 Å². The Labute approximate surface area is 402 Å². The maximum atomic E-state index is 2.52. The van der Waals surface area contributed by atoms with E-state index < -0.39 is 5.41 Å². The van der Waals surface area contributed by atoms with E-state index in [0.717, 1.165) is 5.69 Å². The van der Waals surface area contributed by atoms with E-state index in [9.17, 15) is 0 Å². The van der Waals surface area contributed by atoms with Crippen molar-refractivity contribution in [3.63, 3.8) is 0 Å². The molecule has 0 radical (unpaired) electrons. The van der Waals surface area contributed by atoms with Crippen LogP contribution in [0.4, 0.5) is 0 Å². The smallest absolute Gasteiger partial charge is 0.0714 e. The Hall–Kier alpha value is -8.78. The number of fused-ring (bicyclic) bond motifs is 9. The third-order valence-corrected chi connectivity index (χ3v) is 15.2. The molecular formula is C68H45N. The Kier molecular flexibility index (Phi) is 8.94. The van der Waals surface area contributed by atoms with Gasteiger partial charge < -0.3 is 4.57 Å². The molecule has 1 atom stereocenters. The summed E-state index contributed by atoms with van der Waals surface area (Å²) < 4.78 is 2.50. The molecule has 0 saturated heterocycles. The van der Waals surface area contributed by atoms with Crippen LogP contribution in [0.2, 0.25) is 0 Å². The van der Waals surface area contributed by atoms with Crippen LogP contribution >= 0.6 is 0 Å². The van der Waals surface area contributed by atoms with Crippen molar-refractivity contribution in [2.24, 2.45) is 0 Å². The summed E-state index contributed by atoms with van der Waals surface area (Å²) in [5, 5.41) is 2.49. The molecule has 1 heterocycles. The number of benzene rings is 11. The van der Waals surface area contributed by atoms with Gasteiger partial charge in [-0.3, -0.25) is 0 Å². The zero-order valence-corrected chi connectivity index (χ0v) is 37.9. The normalized spacial score (nSPS) is 14.1. The molecule has 1 aromatic heterocycles. The van der Waals surface area contributed by atoms with E-state index >= 15 is 0 Å². The number of rotatable bonds is 7. The molecule has 0 amide bonds. The molecule has 69 heavy (non-hydrogen) atoms. The molecule has 1 nitrogen and oxygen atoms in total. The summed E-state index contributed by atoms with van der Waals surface area (Å²) >= 11 is 0. The second kappa shape index (κ2) is 15.7. The van der Waals surface area contributed by atoms with Gasteiger partial charge in [-0.15, -0.1) is 0 Å². The molecule has 0 N–H and O–H groups in total. The predicted octanol–water partition coefficient (Wildman–Crippen LogP) is 17.3. The highest BCUT2D eigenvalue weighted by atomic mass is 15.0. The first-order valence-corrected chi connectivity index (χ1v) is 24.1. The van der Waals surface area contributed by atoms with Crippen molar-refractivity contribution in [2.45, 2.75) is 11.3 Å². The van der Waals surface area contributed by atoms with Gasteiger partial charge in [0.2, 0.25) is 0 Å². The molecule has 322 valence electrons. The van der Waals surface area contributed by atoms with E-state index in [-0.39, 0.29) is 5.92 Å². The van der Waals surface area contributed by atoms with Crippen molar-refractivity contribution in [3.8, 4) is 61.3 Å². The first-order valence-electron chi connectivity index (χ1n) is 24.1.